The molecule has 0 radical (unpaired) electrons. The molecule has 1 aliphatic heterocycles. The summed E-state index contributed by atoms with van der Waals surface area (Å²) in [6.45, 7) is 1.58. The number of hydrogen-bond acceptors (Lipinski definition) is 8. The van der Waals surface area contributed by atoms with Crippen molar-refractivity contribution >= 4 is 51.7 Å². The molecule has 224 valence electrons. The second kappa shape index (κ2) is 14.6. The van der Waals surface area contributed by atoms with E-state index in [1.807, 2.05) is 18.2 Å². The SMILES string of the molecule is COC(=O)C1=C(C)NC(=O)N[C@H]1c1ccc(OCC(=O)N/N=C\c2ccc(OCc3ccccc3Cl)c(Br)c2)c(OC)c1. The average molecular weight is 672 g/mol. The molecule has 3 amide bonds. The fraction of sp³-hybridized carbons (Fsp3) is 0.200. The lowest BCUT2D eigenvalue weighted by Crippen LogP contribution is -2.45. The number of esters is 1. The number of hydrogen-bond donors (Lipinski definition) is 3. The van der Waals surface area contributed by atoms with Crippen LogP contribution in [-0.2, 0) is 20.9 Å². The minimum Gasteiger partial charge on any atom is -0.493 e. The number of amides is 3. The van der Waals surface area contributed by atoms with Crippen molar-refractivity contribution in [1.82, 2.24) is 16.1 Å². The number of benzene rings is 3. The first-order valence-corrected chi connectivity index (χ1v) is 14.0. The van der Waals surface area contributed by atoms with E-state index in [0.29, 0.717) is 38.9 Å². The van der Waals surface area contributed by atoms with E-state index in [2.05, 4.69) is 37.1 Å². The highest BCUT2D eigenvalue weighted by Crippen LogP contribution is 2.34. The van der Waals surface area contributed by atoms with Gasteiger partial charge in [0.2, 0.25) is 0 Å². The second-order valence-electron chi connectivity index (χ2n) is 9.12. The number of carbonyl (C=O) groups excluding carboxylic acids is 3. The Morgan fingerprint density at radius 2 is 1.81 bits per heavy atom. The van der Waals surface area contributed by atoms with Crippen molar-refractivity contribution < 1.29 is 33.3 Å². The molecule has 4 rings (SSSR count). The first kappa shape index (κ1) is 31.4. The van der Waals surface area contributed by atoms with Gasteiger partial charge in [-0.3, -0.25) is 4.79 Å². The summed E-state index contributed by atoms with van der Waals surface area (Å²) >= 11 is 9.67. The highest BCUT2D eigenvalue weighted by atomic mass is 79.9. The number of allylic oxidation sites excluding steroid dienone is 1. The van der Waals surface area contributed by atoms with Gasteiger partial charge in [-0.2, -0.15) is 5.10 Å². The van der Waals surface area contributed by atoms with Crippen LogP contribution in [0.1, 0.15) is 29.7 Å². The number of methoxy groups -OCH3 is 2. The molecule has 3 N–H and O–H groups in total. The van der Waals surface area contributed by atoms with E-state index in [1.165, 1.54) is 20.4 Å². The van der Waals surface area contributed by atoms with Crippen molar-refractivity contribution in [2.24, 2.45) is 5.10 Å². The first-order chi connectivity index (χ1) is 20.7. The molecule has 3 aromatic rings. The Balaban J connectivity index is 1.33. The van der Waals surface area contributed by atoms with Crippen LogP contribution in [0.4, 0.5) is 4.79 Å². The molecular weight excluding hydrogens is 644 g/mol. The highest BCUT2D eigenvalue weighted by molar-refractivity contribution is 9.10. The molecule has 0 aromatic heterocycles. The average Bonchev–Trinajstić information content (AvgIpc) is 2.99. The zero-order valence-electron chi connectivity index (χ0n) is 23.4. The summed E-state index contributed by atoms with van der Waals surface area (Å²) in [6.07, 6.45) is 1.48. The number of carbonyl (C=O) groups is 3. The molecule has 0 saturated heterocycles. The zero-order valence-corrected chi connectivity index (χ0v) is 25.7. The van der Waals surface area contributed by atoms with Crippen molar-refractivity contribution in [1.29, 1.82) is 0 Å². The number of urea groups is 1. The van der Waals surface area contributed by atoms with Gasteiger partial charge in [-0.15, -0.1) is 0 Å². The maximum absolute atomic E-state index is 12.4. The molecule has 1 aliphatic rings. The molecule has 13 heteroatoms. The molecule has 3 aromatic carbocycles. The van der Waals surface area contributed by atoms with Crippen molar-refractivity contribution in [3.63, 3.8) is 0 Å². The van der Waals surface area contributed by atoms with Gasteiger partial charge in [0.25, 0.3) is 5.91 Å². The van der Waals surface area contributed by atoms with Gasteiger partial charge in [-0.25, -0.2) is 15.0 Å². The van der Waals surface area contributed by atoms with E-state index in [1.54, 1.807) is 49.4 Å². The Hall–Kier alpha value is -4.55. The molecule has 0 bridgehead atoms. The van der Waals surface area contributed by atoms with Crippen molar-refractivity contribution in [2.75, 3.05) is 20.8 Å². The molecule has 1 atom stereocenters. The van der Waals surface area contributed by atoms with Gasteiger partial charge in [0, 0.05) is 16.3 Å². The Morgan fingerprint density at radius 1 is 1.05 bits per heavy atom. The Kier molecular flexibility index (Phi) is 10.6. The van der Waals surface area contributed by atoms with Gasteiger partial charge in [0.05, 0.1) is 36.5 Å². The molecule has 0 fully saturated rings. The monoisotopic (exact) mass is 670 g/mol. The molecule has 0 unspecified atom stereocenters. The molecule has 0 aliphatic carbocycles. The lowest BCUT2D eigenvalue weighted by atomic mass is 9.95. The van der Waals surface area contributed by atoms with E-state index >= 15 is 0 Å². The Morgan fingerprint density at radius 3 is 2.53 bits per heavy atom. The smallest absolute Gasteiger partial charge is 0.337 e. The van der Waals surface area contributed by atoms with E-state index in [4.69, 9.17) is 30.5 Å². The summed E-state index contributed by atoms with van der Waals surface area (Å²) in [5.74, 6) is 0.118. The summed E-state index contributed by atoms with van der Waals surface area (Å²) in [5, 5.41) is 9.89. The zero-order chi connectivity index (χ0) is 30.9. The van der Waals surface area contributed by atoms with Crippen molar-refractivity contribution in [3.8, 4) is 17.2 Å². The van der Waals surface area contributed by atoms with Crippen LogP contribution >= 0.6 is 27.5 Å². The minimum absolute atomic E-state index is 0.251. The van der Waals surface area contributed by atoms with Crippen LogP contribution in [0.25, 0.3) is 0 Å². The molecule has 11 nitrogen and oxygen atoms in total. The standard InChI is InChI=1S/C30H28BrClN4O7/c1-17-27(29(38)41-3)28(35-30(39)34-17)19-9-11-24(25(13-19)40-2)43-16-26(37)36-33-14-18-8-10-23(21(31)12-18)42-15-20-6-4-5-7-22(20)32/h4-14,28H,15-16H2,1-3H3,(H,36,37)(H2,34,35,39)/b33-14-/t28-/m0/s1. The van der Waals surface area contributed by atoms with Gasteiger partial charge < -0.3 is 29.6 Å². The lowest BCUT2D eigenvalue weighted by molar-refractivity contribution is -0.136. The number of nitrogens with zero attached hydrogens (tertiary/aromatic N) is 1. The molecular formula is C30H28BrClN4O7. The van der Waals surface area contributed by atoms with Crippen LogP contribution in [0.15, 0.2) is 81.5 Å². The maximum Gasteiger partial charge on any atom is 0.337 e. The number of hydrazone groups is 1. The highest BCUT2D eigenvalue weighted by Gasteiger charge is 2.32. The summed E-state index contributed by atoms with van der Waals surface area (Å²) in [7, 11) is 2.70. The maximum atomic E-state index is 12.4. The summed E-state index contributed by atoms with van der Waals surface area (Å²) in [4.78, 5) is 36.8. The normalized spacial score (nSPS) is 14.5. The predicted molar refractivity (Wildman–Crippen MR) is 163 cm³/mol. The fourth-order valence-corrected chi connectivity index (χ4v) is 4.85. The van der Waals surface area contributed by atoms with Gasteiger partial charge in [0.1, 0.15) is 12.4 Å². The van der Waals surface area contributed by atoms with E-state index in [0.717, 1.165) is 11.1 Å². The van der Waals surface area contributed by atoms with E-state index in [9.17, 15) is 14.4 Å². The van der Waals surface area contributed by atoms with E-state index in [-0.39, 0.29) is 17.9 Å². The predicted octanol–water partition coefficient (Wildman–Crippen LogP) is 5.02. The number of rotatable bonds is 11. The fourth-order valence-electron chi connectivity index (χ4n) is 4.15. The Labute approximate surface area is 261 Å². The van der Waals surface area contributed by atoms with Crippen molar-refractivity contribution in [2.45, 2.75) is 19.6 Å². The summed E-state index contributed by atoms with van der Waals surface area (Å²) in [6, 6.07) is 16.4. The molecule has 0 spiro atoms. The largest absolute Gasteiger partial charge is 0.493 e. The summed E-state index contributed by atoms with van der Waals surface area (Å²) < 4.78 is 22.5. The van der Waals surface area contributed by atoms with Crippen molar-refractivity contribution in [3.05, 3.63) is 98.1 Å². The van der Waals surface area contributed by atoms with Gasteiger partial charge >= 0.3 is 12.0 Å². The van der Waals surface area contributed by atoms with Crippen LogP contribution in [-0.4, -0.2) is 44.9 Å². The van der Waals surface area contributed by atoms with Gasteiger partial charge in [-0.05, 0) is 70.4 Å². The summed E-state index contributed by atoms with van der Waals surface area (Å²) in [5.41, 5.74) is 5.19. The quantitative estimate of drug-likeness (QED) is 0.148. The molecule has 1 heterocycles. The number of nitrogens with one attached hydrogen (secondary N) is 3. The van der Waals surface area contributed by atoms with Gasteiger partial charge in [-0.1, -0.05) is 35.9 Å². The number of ether oxygens (including phenoxy) is 4. The lowest BCUT2D eigenvalue weighted by Gasteiger charge is -2.28. The van der Waals surface area contributed by atoms with Crippen LogP contribution < -0.4 is 30.3 Å². The van der Waals surface area contributed by atoms with E-state index < -0.39 is 23.9 Å². The third-order valence-electron chi connectivity index (χ3n) is 6.25. The number of halogens is 2. The first-order valence-electron chi connectivity index (χ1n) is 12.8. The van der Waals surface area contributed by atoms with Gasteiger partial charge in [0.15, 0.2) is 18.1 Å². The van der Waals surface area contributed by atoms with Crippen LogP contribution in [0.5, 0.6) is 17.2 Å². The third kappa shape index (κ3) is 8.05. The second-order valence-corrected chi connectivity index (χ2v) is 10.4. The van der Waals surface area contributed by atoms with Crippen LogP contribution in [0.2, 0.25) is 5.02 Å². The Bertz CT molecular complexity index is 1590. The molecule has 0 saturated carbocycles. The minimum atomic E-state index is -0.773. The topological polar surface area (TPSA) is 137 Å². The van der Waals surface area contributed by atoms with Crippen LogP contribution in [0, 0.1) is 0 Å². The third-order valence-corrected chi connectivity index (χ3v) is 7.24. The molecule has 43 heavy (non-hydrogen) atoms. The van der Waals surface area contributed by atoms with Crippen LogP contribution in [0.3, 0.4) is 0 Å².